The molecule has 0 saturated heterocycles. The Kier molecular flexibility index (Phi) is 5.78. The fourth-order valence-corrected chi connectivity index (χ4v) is 1.59. The molecular weight excluding hydrogens is 235 g/mol. The minimum atomic E-state index is -1.06. The van der Waals surface area contributed by atoms with Crippen molar-refractivity contribution in [2.75, 3.05) is 6.61 Å². The van der Waals surface area contributed by atoms with Gasteiger partial charge in [0.2, 0.25) is 0 Å². The van der Waals surface area contributed by atoms with E-state index in [1.54, 1.807) is 0 Å². The van der Waals surface area contributed by atoms with Crippen LogP contribution in [-0.4, -0.2) is 17.7 Å². The third-order valence-corrected chi connectivity index (χ3v) is 2.62. The molecule has 0 aromatic heterocycles. The van der Waals surface area contributed by atoms with Gasteiger partial charge in [0, 0.05) is 12.2 Å². The van der Waals surface area contributed by atoms with Crippen LogP contribution < -0.4 is 0 Å². The average Bonchev–Trinajstić information content (AvgIpc) is 2.30. The molecule has 18 heavy (non-hydrogen) atoms. The molecule has 0 aliphatic heterocycles. The largest absolute Gasteiger partial charge is 0.478 e. The number of hydrogen-bond acceptors (Lipinski definition) is 2. The molecule has 1 aromatic carbocycles. The molecule has 0 aliphatic carbocycles. The van der Waals surface area contributed by atoms with Gasteiger partial charge in [-0.2, -0.15) is 0 Å². The van der Waals surface area contributed by atoms with Gasteiger partial charge in [-0.25, -0.2) is 9.18 Å². The lowest BCUT2D eigenvalue weighted by Crippen LogP contribution is -2.03. The topological polar surface area (TPSA) is 46.5 Å². The Morgan fingerprint density at radius 3 is 2.78 bits per heavy atom. The van der Waals surface area contributed by atoms with Crippen molar-refractivity contribution in [3.63, 3.8) is 0 Å². The van der Waals surface area contributed by atoms with Gasteiger partial charge in [-0.1, -0.05) is 13.8 Å². The van der Waals surface area contributed by atoms with Gasteiger partial charge >= 0.3 is 5.97 Å². The lowest BCUT2D eigenvalue weighted by Gasteiger charge is -2.07. The Bertz CT molecular complexity index is 402. The highest BCUT2D eigenvalue weighted by molar-refractivity contribution is 5.87. The Balaban J connectivity index is 2.46. The van der Waals surface area contributed by atoms with E-state index >= 15 is 0 Å². The molecule has 0 radical (unpaired) electrons. The van der Waals surface area contributed by atoms with E-state index in [-0.39, 0.29) is 12.2 Å². The molecule has 1 aromatic rings. The van der Waals surface area contributed by atoms with Crippen LogP contribution >= 0.6 is 0 Å². The molecule has 0 saturated carbocycles. The second kappa shape index (κ2) is 7.11. The lowest BCUT2D eigenvalue weighted by atomic mass is 10.1. The molecular formula is C14H19FO3. The van der Waals surface area contributed by atoms with Crippen LogP contribution in [0.2, 0.25) is 0 Å². The maximum absolute atomic E-state index is 13.4. The van der Waals surface area contributed by atoms with E-state index in [9.17, 15) is 9.18 Å². The molecule has 0 bridgehead atoms. The summed E-state index contributed by atoms with van der Waals surface area (Å²) in [6.07, 6.45) is 2.00. The zero-order valence-electron chi connectivity index (χ0n) is 10.8. The van der Waals surface area contributed by atoms with Gasteiger partial charge in [-0.15, -0.1) is 0 Å². The highest BCUT2D eigenvalue weighted by atomic mass is 19.1. The molecule has 4 heteroatoms. The number of carboxylic acids is 1. The van der Waals surface area contributed by atoms with E-state index in [0.717, 1.165) is 18.9 Å². The van der Waals surface area contributed by atoms with Gasteiger partial charge < -0.3 is 9.84 Å². The van der Waals surface area contributed by atoms with Crippen LogP contribution in [0.5, 0.6) is 0 Å². The SMILES string of the molecule is CC(C)CCCOCc1cc(C(=O)O)ccc1F. The Morgan fingerprint density at radius 2 is 2.17 bits per heavy atom. The normalized spacial score (nSPS) is 10.9. The minimum Gasteiger partial charge on any atom is -0.478 e. The van der Waals surface area contributed by atoms with Crippen molar-refractivity contribution < 1.29 is 19.0 Å². The molecule has 0 aliphatic rings. The van der Waals surface area contributed by atoms with E-state index in [4.69, 9.17) is 9.84 Å². The molecule has 0 spiro atoms. The molecule has 0 atom stereocenters. The number of hydrogen-bond donors (Lipinski definition) is 1. The molecule has 0 fully saturated rings. The van der Waals surface area contributed by atoms with Crippen molar-refractivity contribution in [2.45, 2.75) is 33.3 Å². The molecule has 0 heterocycles. The van der Waals surface area contributed by atoms with Crippen molar-refractivity contribution in [3.8, 4) is 0 Å². The van der Waals surface area contributed by atoms with Crippen molar-refractivity contribution in [3.05, 3.63) is 35.1 Å². The van der Waals surface area contributed by atoms with Crippen LogP contribution in [0.1, 0.15) is 42.6 Å². The smallest absolute Gasteiger partial charge is 0.335 e. The number of halogens is 1. The highest BCUT2D eigenvalue weighted by Crippen LogP contribution is 2.12. The molecule has 0 amide bonds. The average molecular weight is 254 g/mol. The van der Waals surface area contributed by atoms with Gasteiger partial charge in [0.05, 0.1) is 12.2 Å². The van der Waals surface area contributed by atoms with Crippen LogP contribution in [-0.2, 0) is 11.3 Å². The maximum atomic E-state index is 13.4. The molecule has 1 N–H and O–H groups in total. The van der Waals surface area contributed by atoms with Crippen LogP contribution in [0.25, 0.3) is 0 Å². The highest BCUT2D eigenvalue weighted by Gasteiger charge is 2.08. The van der Waals surface area contributed by atoms with Crippen molar-refractivity contribution in [2.24, 2.45) is 5.92 Å². The van der Waals surface area contributed by atoms with Gasteiger partial charge in [0.25, 0.3) is 0 Å². The summed E-state index contributed by atoms with van der Waals surface area (Å²) in [5.41, 5.74) is 0.372. The second-order valence-electron chi connectivity index (χ2n) is 4.70. The van der Waals surface area contributed by atoms with Crippen molar-refractivity contribution in [1.29, 1.82) is 0 Å². The summed E-state index contributed by atoms with van der Waals surface area (Å²) in [5, 5.41) is 8.81. The summed E-state index contributed by atoms with van der Waals surface area (Å²) >= 11 is 0. The van der Waals surface area contributed by atoms with Gasteiger partial charge in [-0.3, -0.25) is 0 Å². The third kappa shape index (κ3) is 4.84. The van der Waals surface area contributed by atoms with Crippen molar-refractivity contribution in [1.82, 2.24) is 0 Å². The lowest BCUT2D eigenvalue weighted by molar-refractivity contribution is 0.0696. The summed E-state index contributed by atoms with van der Waals surface area (Å²) in [6.45, 7) is 4.95. The monoisotopic (exact) mass is 254 g/mol. The first-order valence-electron chi connectivity index (χ1n) is 6.10. The Morgan fingerprint density at radius 1 is 1.44 bits per heavy atom. The van der Waals surface area contributed by atoms with E-state index < -0.39 is 11.8 Å². The van der Waals surface area contributed by atoms with Crippen LogP contribution in [0.15, 0.2) is 18.2 Å². The van der Waals surface area contributed by atoms with E-state index in [2.05, 4.69) is 13.8 Å². The molecule has 100 valence electrons. The Labute approximate surface area is 107 Å². The fraction of sp³-hybridized carbons (Fsp3) is 0.500. The first-order valence-corrected chi connectivity index (χ1v) is 6.10. The van der Waals surface area contributed by atoms with Gasteiger partial charge in [0.1, 0.15) is 5.82 Å². The molecule has 3 nitrogen and oxygen atoms in total. The predicted molar refractivity (Wildman–Crippen MR) is 67.1 cm³/mol. The number of ether oxygens (including phenoxy) is 1. The minimum absolute atomic E-state index is 0.0807. The standard InChI is InChI=1S/C14H19FO3/c1-10(2)4-3-7-18-9-12-8-11(14(16)17)5-6-13(12)15/h5-6,8,10H,3-4,7,9H2,1-2H3,(H,16,17). The number of rotatable bonds is 7. The zero-order valence-corrected chi connectivity index (χ0v) is 10.8. The summed E-state index contributed by atoms with van der Waals surface area (Å²) in [6, 6.07) is 3.73. The van der Waals surface area contributed by atoms with Crippen molar-refractivity contribution >= 4 is 5.97 Å². The van der Waals surface area contributed by atoms with E-state index in [0.29, 0.717) is 18.1 Å². The first kappa shape index (κ1) is 14.6. The predicted octanol–water partition coefficient (Wildman–Crippen LogP) is 3.48. The number of aromatic carboxylic acids is 1. The second-order valence-corrected chi connectivity index (χ2v) is 4.70. The summed E-state index contributed by atoms with van der Waals surface area (Å²) in [4.78, 5) is 10.8. The molecule has 0 unspecified atom stereocenters. The van der Waals surface area contributed by atoms with Crippen LogP contribution in [0.3, 0.4) is 0 Å². The quantitative estimate of drug-likeness (QED) is 0.758. The summed E-state index contributed by atoms with van der Waals surface area (Å²) in [7, 11) is 0. The number of carboxylic acid groups (broad SMARTS) is 1. The maximum Gasteiger partial charge on any atom is 0.335 e. The Hall–Kier alpha value is -1.42. The third-order valence-electron chi connectivity index (χ3n) is 2.62. The number of carbonyl (C=O) groups is 1. The van der Waals surface area contributed by atoms with E-state index in [1.807, 2.05) is 0 Å². The van der Waals surface area contributed by atoms with Gasteiger partial charge in [-0.05, 0) is 37.0 Å². The van der Waals surface area contributed by atoms with E-state index in [1.165, 1.54) is 12.1 Å². The van der Waals surface area contributed by atoms with Gasteiger partial charge in [0.15, 0.2) is 0 Å². The van der Waals surface area contributed by atoms with Crippen LogP contribution in [0.4, 0.5) is 4.39 Å². The first-order chi connectivity index (χ1) is 8.50. The fourth-order valence-electron chi connectivity index (χ4n) is 1.59. The zero-order chi connectivity index (χ0) is 13.5. The van der Waals surface area contributed by atoms with Crippen LogP contribution in [0, 0.1) is 11.7 Å². The number of benzene rings is 1. The summed E-state index contributed by atoms with van der Waals surface area (Å²) < 4.78 is 18.8. The molecule has 1 rings (SSSR count). The summed E-state index contributed by atoms with van der Waals surface area (Å²) in [5.74, 6) is -0.861.